The van der Waals surface area contributed by atoms with E-state index < -0.39 is 0 Å². The fourth-order valence-corrected chi connectivity index (χ4v) is 1.83. The van der Waals surface area contributed by atoms with Gasteiger partial charge in [0.2, 0.25) is 0 Å². The Kier molecular flexibility index (Phi) is 5.06. The first-order valence-electron chi connectivity index (χ1n) is 5.85. The molecule has 0 heterocycles. The third-order valence-corrected chi connectivity index (χ3v) is 2.67. The van der Waals surface area contributed by atoms with Gasteiger partial charge in [0.25, 0.3) is 0 Å². The van der Waals surface area contributed by atoms with Gasteiger partial charge in [0.1, 0.15) is 0 Å². The van der Waals surface area contributed by atoms with E-state index in [2.05, 4.69) is 37.5 Å². The van der Waals surface area contributed by atoms with Crippen LogP contribution in [0.2, 0.25) is 0 Å². The van der Waals surface area contributed by atoms with Crippen molar-refractivity contribution in [1.29, 1.82) is 0 Å². The molecule has 0 saturated heterocycles. The van der Waals surface area contributed by atoms with Crippen LogP contribution in [-0.2, 0) is 6.54 Å². The average molecular weight is 218 g/mol. The van der Waals surface area contributed by atoms with Crippen molar-refractivity contribution in [3.63, 3.8) is 0 Å². The smallest absolute Gasteiger partial charge is 0.0343 e. The summed E-state index contributed by atoms with van der Waals surface area (Å²) in [5.74, 6) is 0. The lowest BCUT2D eigenvalue weighted by Crippen LogP contribution is -2.24. The molecule has 0 amide bonds. The Labute approximate surface area is 98.8 Å². The van der Waals surface area contributed by atoms with Crippen LogP contribution in [0.1, 0.15) is 24.5 Å². The summed E-state index contributed by atoms with van der Waals surface area (Å²) < 4.78 is 0. The fourth-order valence-electron chi connectivity index (χ4n) is 1.83. The van der Waals surface area contributed by atoms with E-state index in [-0.39, 0.29) is 0 Å². The highest BCUT2D eigenvalue weighted by atomic mass is 15.1. The molecule has 0 aliphatic heterocycles. The van der Waals surface area contributed by atoms with E-state index in [0.717, 1.165) is 30.9 Å². The highest BCUT2D eigenvalue weighted by molar-refractivity contribution is 5.47. The first kappa shape index (κ1) is 12.8. The van der Waals surface area contributed by atoms with Crippen molar-refractivity contribution in [2.24, 2.45) is 0 Å². The van der Waals surface area contributed by atoms with Gasteiger partial charge >= 0.3 is 0 Å². The highest BCUT2D eigenvalue weighted by Crippen LogP contribution is 2.14. The summed E-state index contributed by atoms with van der Waals surface area (Å²) in [6.45, 7) is 11.1. The van der Waals surface area contributed by atoms with E-state index in [1.54, 1.807) is 0 Å². The summed E-state index contributed by atoms with van der Waals surface area (Å²) in [4.78, 5) is 2.39. The van der Waals surface area contributed by atoms with E-state index in [1.807, 2.05) is 12.1 Å². The van der Waals surface area contributed by atoms with Gasteiger partial charge in [-0.3, -0.25) is 4.90 Å². The third kappa shape index (κ3) is 3.70. The Morgan fingerprint density at radius 2 is 2.19 bits per heavy atom. The minimum Gasteiger partial charge on any atom is -0.399 e. The second-order valence-corrected chi connectivity index (χ2v) is 4.21. The minimum absolute atomic E-state index is 0.870. The van der Waals surface area contributed by atoms with Gasteiger partial charge in [-0.1, -0.05) is 25.1 Å². The monoisotopic (exact) mass is 218 g/mol. The van der Waals surface area contributed by atoms with E-state index >= 15 is 0 Å². The van der Waals surface area contributed by atoms with Gasteiger partial charge in [-0.15, -0.1) is 6.58 Å². The summed E-state index contributed by atoms with van der Waals surface area (Å²) in [6, 6.07) is 6.26. The zero-order chi connectivity index (χ0) is 12.0. The molecule has 1 aromatic carbocycles. The zero-order valence-corrected chi connectivity index (χ0v) is 10.4. The average Bonchev–Trinajstić information content (AvgIpc) is 2.24. The largest absolute Gasteiger partial charge is 0.399 e. The molecule has 0 spiro atoms. The molecule has 0 aliphatic carbocycles. The number of hydrogen-bond acceptors (Lipinski definition) is 2. The Bertz CT molecular complexity index is 345. The Hall–Kier alpha value is -1.28. The van der Waals surface area contributed by atoms with Gasteiger partial charge in [0.15, 0.2) is 0 Å². The molecule has 0 fully saturated rings. The van der Waals surface area contributed by atoms with Crippen LogP contribution in [0, 0.1) is 6.92 Å². The standard InChI is InChI=1S/C14H22N2/c1-4-8-16(9-5-2)11-13-6-7-14(15)12(3)10-13/h4,6-7,10H,1,5,8-9,11,15H2,2-3H3. The van der Waals surface area contributed by atoms with Crippen molar-refractivity contribution in [3.8, 4) is 0 Å². The lowest BCUT2D eigenvalue weighted by Gasteiger charge is -2.20. The van der Waals surface area contributed by atoms with Crippen LogP contribution < -0.4 is 5.73 Å². The van der Waals surface area contributed by atoms with Gasteiger partial charge in [-0.05, 0) is 37.1 Å². The first-order valence-corrected chi connectivity index (χ1v) is 5.85. The number of hydrogen-bond donors (Lipinski definition) is 1. The maximum absolute atomic E-state index is 5.81. The molecular weight excluding hydrogens is 196 g/mol. The number of anilines is 1. The lowest BCUT2D eigenvalue weighted by molar-refractivity contribution is 0.295. The molecule has 1 aromatic rings. The van der Waals surface area contributed by atoms with Gasteiger partial charge in [0.05, 0.1) is 0 Å². The molecule has 16 heavy (non-hydrogen) atoms. The van der Waals surface area contributed by atoms with Crippen LogP contribution in [0.25, 0.3) is 0 Å². The number of nitrogens with zero attached hydrogens (tertiary/aromatic N) is 1. The van der Waals surface area contributed by atoms with Crippen LogP contribution in [0.5, 0.6) is 0 Å². The Morgan fingerprint density at radius 1 is 1.44 bits per heavy atom. The third-order valence-electron chi connectivity index (χ3n) is 2.67. The number of rotatable bonds is 6. The maximum atomic E-state index is 5.81. The lowest BCUT2D eigenvalue weighted by atomic mass is 10.1. The van der Waals surface area contributed by atoms with Crippen LogP contribution in [0.15, 0.2) is 30.9 Å². The molecule has 0 saturated carbocycles. The van der Waals surface area contributed by atoms with Crippen molar-refractivity contribution >= 4 is 5.69 Å². The Balaban J connectivity index is 2.68. The van der Waals surface area contributed by atoms with Gasteiger partial charge < -0.3 is 5.73 Å². The van der Waals surface area contributed by atoms with Crippen molar-refractivity contribution in [2.75, 3.05) is 18.8 Å². The highest BCUT2D eigenvalue weighted by Gasteiger charge is 2.04. The van der Waals surface area contributed by atoms with Crippen LogP contribution >= 0.6 is 0 Å². The summed E-state index contributed by atoms with van der Waals surface area (Å²) in [5.41, 5.74) is 9.16. The summed E-state index contributed by atoms with van der Waals surface area (Å²) >= 11 is 0. The number of nitrogen functional groups attached to an aromatic ring is 1. The van der Waals surface area contributed by atoms with Gasteiger partial charge in [-0.2, -0.15) is 0 Å². The van der Waals surface area contributed by atoms with E-state index in [4.69, 9.17) is 5.73 Å². The Morgan fingerprint density at radius 3 is 2.75 bits per heavy atom. The quantitative estimate of drug-likeness (QED) is 0.587. The normalized spacial score (nSPS) is 10.7. The van der Waals surface area contributed by atoms with Gasteiger partial charge in [0, 0.05) is 18.8 Å². The molecule has 0 unspecified atom stereocenters. The van der Waals surface area contributed by atoms with E-state index in [1.165, 1.54) is 12.0 Å². The molecule has 2 nitrogen and oxygen atoms in total. The molecule has 1 rings (SSSR count). The van der Waals surface area contributed by atoms with Crippen molar-refractivity contribution in [3.05, 3.63) is 42.0 Å². The molecule has 2 N–H and O–H groups in total. The molecule has 2 heteroatoms. The van der Waals surface area contributed by atoms with Crippen molar-refractivity contribution < 1.29 is 0 Å². The predicted molar refractivity (Wildman–Crippen MR) is 71.4 cm³/mol. The topological polar surface area (TPSA) is 29.3 Å². The summed E-state index contributed by atoms with van der Waals surface area (Å²) in [6.07, 6.45) is 3.13. The molecule has 0 aromatic heterocycles. The molecule has 0 radical (unpaired) electrons. The SMILES string of the molecule is C=CCN(CCC)Cc1ccc(N)c(C)c1. The number of nitrogens with two attached hydrogens (primary N) is 1. The van der Waals surface area contributed by atoms with Crippen LogP contribution in [0.3, 0.4) is 0 Å². The summed E-state index contributed by atoms with van der Waals surface area (Å²) in [7, 11) is 0. The fraction of sp³-hybridized carbons (Fsp3) is 0.429. The van der Waals surface area contributed by atoms with Crippen LogP contribution in [-0.4, -0.2) is 18.0 Å². The summed E-state index contributed by atoms with van der Waals surface area (Å²) in [5, 5.41) is 0. The van der Waals surface area contributed by atoms with E-state index in [9.17, 15) is 0 Å². The minimum atomic E-state index is 0.870. The maximum Gasteiger partial charge on any atom is 0.0343 e. The molecule has 88 valence electrons. The molecular formula is C14H22N2. The number of benzene rings is 1. The molecule has 0 bridgehead atoms. The predicted octanol–water partition coefficient (Wildman–Crippen LogP) is 2.98. The van der Waals surface area contributed by atoms with E-state index in [0.29, 0.717) is 0 Å². The molecule has 0 aliphatic rings. The number of aryl methyl sites for hydroxylation is 1. The van der Waals surface area contributed by atoms with Gasteiger partial charge in [-0.25, -0.2) is 0 Å². The van der Waals surface area contributed by atoms with Crippen molar-refractivity contribution in [2.45, 2.75) is 26.8 Å². The van der Waals surface area contributed by atoms with Crippen LogP contribution in [0.4, 0.5) is 5.69 Å². The first-order chi connectivity index (χ1) is 7.67. The second-order valence-electron chi connectivity index (χ2n) is 4.21. The van der Waals surface area contributed by atoms with Crippen molar-refractivity contribution in [1.82, 2.24) is 4.90 Å². The zero-order valence-electron chi connectivity index (χ0n) is 10.4. The molecule has 0 atom stereocenters. The second kappa shape index (κ2) is 6.33.